The number of ether oxygens (including phenoxy) is 1. The Labute approximate surface area is 219 Å². The lowest BCUT2D eigenvalue weighted by atomic mass is 9.72. The summed E-state index contributed by atoms with van der Waals surface area (Å²) in [6, 6.07) is 9.48. The van der Waals surface area contributed by atoms with Crippen LogP contribution in [0.3, 0.4) is 0 Å². The van der Waals surface area contributed by atoms with Crippen LogP contribution < -0.4 is 5.73 Å². The number of aryl methyl sites for hydroxylation is 1. The number of Topliss-reactive ketones (excluding diaryl/α,β-unsaturated/α-hetero) is 1. The maximum atomic E-state index is 13.5. The van der Waals surface area contributed by atoms with Crippen molar-refractivity contribution >= 4 is 21.5 Å². The minimum Gasteiger partial charge on any atom is -0.474 e. The number of rotatable bonds is 5. The van der Waals surface area contributed by atoms with Crippen LogP contribution in [0, 0.1) is 23.7 Å². The lowest BCUT2D eigenvalue weighted by Crippen LogP contribution is -2.36. The Bertz CT molecular complexity index is 1470. The van der Waals surface area contributed by atoms with Crippen molar-refractivity contribution < 1.29 is 22.1 Å². The molecule has 3 aliphatic carbocycles. The van der Waals surface area contributed by atoms with E-state index >= 15 is 0 Å². The maximum absolute atomic E-state index is 13.5. The van der Waals surface area contributed by atoms with E-state index in [4.69, 9.17) is 14.7 Å². The Morgan fingerprint density at radius 3 is 2.38 bits per heavy atom. The molecule has 2 N–H and O–H groups in total. The Kier molecular flexibility index (Phi) is 6.87. The molecule has 0 saturated heterocycles. The van der Waals surface area contributed by atoms with Crippen LogP contribution in [0.15, 0.2) is 46.1 Å². The number of ketones is 1. The van der Waals surface area contributed by atoms with Crippen molar-refractivity contribution in [2.45, 2.75) is 84.5 Å². The van der Waals surface area contributed by atoms with Crippen LogP contribution in [0.5, 0.6) is 0 Å². The van der Waals surface area contributed by atoms with Crippen molar-refractivity contribution in [3.05, 3.63) is 57.9 Å². The number of hydrogen-bond acceptors (Lipinski definition) is 7. The Balaban J connectivity index is 2.14. The zero-order valence-corrected chi connectivity index (χ0v) is 23.2. The maximum Gasteiger partial charge on any atom is 0.297 e. The molecule has 8 heteroatoms. The molecular formula is C29H34N2O5S. The normalized spacial score (nSPS) is 19.9. The summed E-state index contributed by atoms with van der Waals surface area (Å²) in [7, 11) is -4.16. The average molecular weight is 523 g/mol. The van der Waals surface area contributed by atoms with E-state index in [0.717, 1.165) is 11.1 Å². The summed E-state index contributed by atoms with van der Waals surface area (Å²) in [5, 5.41) is 10.1. The first kappa shape index (κ1) is 27.1. The van der Waals surface area contributed by atoms with Gasteiger partial charge in [-0.25, -0.2) is 0 Å². The number of fused-ring (bicyclic) bond motifs is 1. The van der Waals surface area contributed by atoms with Crippen LogP contribution in [0.2, 0.25) is 0 Å². The second kappa shape index (κ2) is 9.39. The highest BCUT2D eigenvalue weighted by molar-refractivity contribution is 7.87. The molecule has 0 amide bonds. The topological polar surface area (TPSA) is 119 Å². The summed E-state index contributed by atoms with van der Waals surface area (Å²) in [6.07, 6.45) is -0.879. The van der Waals surface area contributed by atoms with Crippen LogP contribution in [0.25, 0.3) is 16.7 Å². The first-order valence-electron chi connectivity index (χ1n) is 12.5. The zero-order valence-electron chi connectivity index (χ0n) is 22.4. The molecule has 196 valence electrons. The minimum atomic E-state index is -4.16. The van der Waals surface area contributed by atoms with E-state index in [-0.39, 0.29) is 34.0 Å². The van der Waals surface area contributed by atoms with Crippen LogP contribution >= 0.6 is 0 Å². The highest BCUT2D eigenvalue weighted by Gasteiger charge is 2.42. The van der Waals surface area contributed by atoms with Gasteiger partial charge in [-0.05, 0) is 60.4 Å². The zero-order chi connectivity index (χ0) is 27.4. The largest absolute Gasteiger partial charge is 0.474 e. The van der Waals surface area contributed by atoms with Crippen LogP contribution in [0.1, 0.15) is 77.0 Å². The van der Waals surface area contributed by atoms with Crippen molar-refractivity contribution in [3.8, 4) is 17.2 Å². The summed E-state index contributed by atoms with van der Waals surface area (Å²) < 4.78 is 38.2. The fourth-order valence-corrected chi connectivity index (χ4v) is 6.62. The van der Waals surface area contributed by atoms with Crippen molar-refractivity contribution in [1.82, 2.24) is 0 Å². The molecule has 0 aromatic carbocycles. The Hall–Kier alpha value is -2.99. The van der Waals surface area contributed by atoms with E-state index in [0.29, 0.717) is 40.0 Å². The SMILES string of the molecule is Cc1ccc(C(C)C)cc2c(C3=C(C#N)C(N)OC4=C3C(=O)CC(C)(C)C4)cc(S(=O)(=O)OC(C)C)c1-2. The molecule has 1 heterocycles. The smallest absolute Gasteiger partial charge is 0.297 e. The summed E-state index contributed by atoms with van der Waals surface area (Å²) >= 11 is 0. The quantitative estimate of drug-likeness (QED) is 0.510. The second-order valence-electron chi connectivity index (χ2n) is 11.3. The number of nitrogens with two attached hydrogens (primary N) is 1. The first-order valence-corrected chi connectivity index (χ1v) is 13.9. The summed E-state index contributed by atoms with van der Waals surface area (Å²) in [4.78, 5) is 13.5. The molecule has 4 aliphatic rings. The van der Waals surface area contributed by atoms with E-state index in [1.807, 2.05) is 39.0 Å². The van der Waals surface area contributed by atoms with Crippen molar-refractivity contribution in [3.63, 3.8) is 0 Å². The van der Waals surface area contributed by atoms with Gasteiger partial charge in [-0.1, -0.05) is 45.9 Å². The van der Waals surface area contributed by atoms with Gasteiger partial charge in [0.05, 0.1) is 17.3 Å². The lowest BCUT2D eigenvalue weighted by molar-refractivity contribution is -0.118. The number of nitrogens with zero attached hydrogens (tertiary/aromatic N) is 1. The van der Waals surface area contributed by atoms with Crippen LogP contribution in [-0.2, 0) is 23.8 Å². The number of nitriles is 1. The van der Waals surface area contributed by atoms with Gasteiger partial charge < -0.3 is 4.74 Å². The van der Waals surface area contributed by atoms with Gasteiger partial charge in [0, 0.05) is 24.0 Å². The Morgan fingerprint density at radius 1 is 1.11 bits per heavy atom. The first-order chi connectivity index (χ1) is 17.2. The van der Waals surface area contributed by atoms with Gasteiger partial charge in [-0.15, -0.1) is 0 Å². The molecule has 0 spiro atoms. The molecule has 0 aromatic heterocycles. The van der Waals surface area contributed by atoms with E-state index in [9.17, 15) is 18.5 Å². The van der Waals surface area contributed by atoms with Crippen molar-refractivity contribution in [2.24, 2.45) is 11.1 Å². The molecule has 1 aliphatic heterocycles. The fourth-order valence-electron chi connectivity index (χ4n) is 5.22. The molecule has 1 atom stereocenters. The number of hydrogen-bond donors (Lipinski definition) is 1. The molecular weight excluding hydrogens is 488 g/mol. The third-order valence-electron chi connectivity index (χ3n) is 6.87. The van der Waals surface area contributed by atoms with Crippen LogP contribution in [-0.4, -0.2) is 26.5 Å². The van der Waals surface area contributed by atoms with E-state index in [2.05, 4.69) is 19.9 Å². The average Bonchev–Trinajstić information content (AvgIpc) is 3.04. The molecule has 0 fully saturated rings. The van der Waals surface area contributed by atoms with E-state index in [1.165, 1.54) is 6.07 Å². The van der Waals surface area contributed by atoms with Gasteiger partial charge in [0.2, 0.25) is 0 Å². The van der Waals surface area contributed by atoms with Gasteiger partial charge in [0.15, 0.2) is 12.0 Å². The number of allylic oxidation sites excluding steroid dienone is 3. The van der Waals surface area contributed by atoms with E-state index in [1.54, 1.807) is 13.8 Å². The number of carbonyl (C=O) groups excluding carboxylic acids is 1. The molecule has 37 heavy (non-hydrogen) atoms. The molecule has 1 unspecified atom stereocenters. The minimum absolute atomic E-state index is 0.00481. The Morgan fingerprint density at radius 2 is 1.78 bits per heavy atom. The highest BCUT2D eigenvalue weighted by atomic mass is 32.2. The van der Waals surface area contributed by atoms with Crippen LogP contribution in [0.4, 0.5) is 0 Å². The van der Waals surface area contributed by atoms with Gasteiger partial charge in [0.25, 0.3) is 10.1 Å². The number of carbonyl (C=O) groups is 1. The molecule has 7 nitrogen and oxygen atoms in total. The standard InChI is InChI=1S/C29H34N2O5S/c1-15(2)18-9-8-17(5)25-19(10-18)20(11-24(25)37(33,34)36-16(3)4)26-21(14-30)28(31)35-23-13-29(6,7)12-22(32)27(23)26/h8-11,15-16,28H,12-13,31H2,1-7H3. The molecule has 0 aromatic rings. The molecule has 0 saturated carbocycles. The summed E-state index contributed by atoms with van der Waals surface area (Å²) in [5.74, 6) is 0.443. The second-order valence-corrected chi connectivity index (χ2v) is 12.8. The monoisotopic (exact) mass is 522 g/mol. The van der Waals surface area contributed by atoms with Gasteiger partial charge >= 0.3 is 0 Å². The molecule has 0 radical (unpaired) electrons. The third kappa shape index (κ3) is 4.84. The summed E-state index contributed by atoms with van der Waals surface area (Å²) in [6.45, 7) is 13.2. The van der Waals surface area contributed by atoms with Gasteiger partial charge in [0.1, 0.15) is 16.7 Å². The molecule has 0 bridgehead atoms. The third-order valence-corrected chi connectivity index (χ3v) is 8.37. The fraction of sp³-hybridized carbons (Fsp3) is 0.448. The predicted molar refractivity (Wildman–Crippen MR) is 142 cm³/mol. The summed E-state index contributed by atoms with van der Waals surface area (Å²) in [5.41, 5.74) is 10.1. The van der Waals surface area contributed by atoms with Crippen molar-refractivity contribution in [2.75, 3.05) is 0 Å². The van der Waals surface area contributed by atoms with Gasteiger partial charge in [-0.2, -0.15) is 13.7 Å². The van der Waals surface area contributed by atoms with Crippen molar-refractivity contribution in [1.29, 1.82) is 5.26 Å². The van der Waals surface area contributed by atoms with E-state index < -0.39 is 22.4 Å². The lowest BCUT2D eigenvalue weighted by Gasteiger charge is -2.37. The predicted octanol–water partition coefficient (Wildman–Crippen LogP) is 5.57. The molecule has 4 rings (SSSR count). The van der Waals surface area contributed by atoms with Gasteiger partial charge in [-0.3, -0.25) is 14.7 Å². The highest BCUT2D eigenvalue weighted by Crippen LogP contribution is 2.50.